The minimum atomic E-state index is -0.617. The highest BCUT2D eigenvalue weighted by Crippen LogP contribution is 2.30. The Labute approximate surface area is 145 Å². The highest BCUT2D eigenvalue weighted by atomic mass is 35.5. The molecule has 24 heavy (non-hydrogen) atoms. The number of nitrogens with zero attached hydrogens (tertiary/aromatic N) is 2. The maximum atomic E-state index is 11.9. The van der Waals surface area contributed by atoms with E-state index < -0.39 is 6.10 Å². The largest absolute Gasteiger partial charge is 0.488 e. The van der Waals surface area contributed by atoms with E-state index in [9.17, 15) is 9.90 Å². The van der Waals surface area contributed by atoms with Crippen LogP contribution in [-0.2, 0) is 11.3 Å². The van der Waals surface area contributed by atoms with E-state index in [4.69, 9.17) is 16.3 Å². The SMILES string of the molecule is O=C(Cn1cccn1)NC[C@H]1CC[C@@H](Oc2cccc(Cl)c2)[C@@H]1O. The maximum Gasteiger partial charge on any atom is 0.241 e. The van der Waals surface area contributed by atoms with Crippen LogP contribution in [0.4, 0.5) is 0 Å². The van der Waals surface area contributed by atoms with Gasteiger partial charge in [0.25, 0.3) is 0 Å². The molecule has 0 bridgehead atoms. The highest BCUT2D eigenvalue weighted by molar-refractivity contribution is 6.30. The van der Waals surface area contributed by atoms with Gasteiger partial charge in [-0.15, -0.1) is 0 Å². The van der Waals surface area contributed by atoms with Crippen LogP contribution in [0.25, 0.3) is 0 Å². The van der Waals surface area contributed by atoms with Crippen molar-refractivity contribution in [3.05, 3.63) is 47.7 Å². The minimum Gasteiger partial charge on any atom is -0.488 e. The van der Waals surface area contributed by atoms with Crippen molar-refractivity contribution < 1.29 is 14.6 Å². The first-order valence-electron chi connectivity index (χ1n) is 7.96. The Balaban J connectivity index is 1.47. The molecule has 3 atom stereocenters. The number of nitrogens with one attached hydrogen (secondary N) is 1. The molecule has 0 radical (unpaired) electrons. The molecule has 0 spiro atoms. The Hall–Kier alpha value is -2.05. The molecule has 128 valence electrons. The standard InChI is InChI=1S/C17H20ClN3O3/c18-13-3-1-4-14(9-13)24-15-6-5-12(17(15)23)10-19-16(22)11-21-8-2-7-20-21/h1-4,7-9,12,15,17,23H,5-6,10-11H2,(H,19,22)/t12-,15-,17-/m1/s1. The summed E-state index contributed by atoms with van der Waals surface area (Å²) >= 11 is 5.94. The van der Waals surface area contributed by atoms with Crippen LogP contribution in [0.15, 0.2) is 42.7 Å². The summed E-state index contributed by atoms with van der Waals surface area (Å²) in [5.41, 5.74) is 0. The van der Waals surface area contributed by atoms with Crippen LogP contribution < -0.4 is 10.1 Å². The van der Waals surface area contributed by atoms with Gasteiger partial charge in [0, 0.05) is 29.9 Å². The van der Waals surface area contributed by atoms with Gasteiger partial charge in [0.2, 0.25) is 5.91 Å². The number of aliphatic hydroxyl groups excluding tert-OH is 1. The van der Waals surface area contributed by atoms with Gasteiger partial charge in [0.05, 0.1) is 6.10 Å². The molecule has 6 nitrogen and oxygen atoms in total. The zero-order chi connectivity index (χ0) is 16.9. The second kappa shape index (κ2) is 7.68. The zero-order valence-electron chi connectivity index (χ0n) is 13.1. The van der Waals surface area contributed by atoms with Crippen LogP contribution in [0, 0.1) is 5.92 Å². The fourth-order valence-electron chi connectivity index (χ4n) is 2.93. The summed E-state index contributed by atoms with van der Waals surface area (Å²) in [5, 5.41) is 17.9. The van der Waals surface area contributed by atoms with Crippen molar-refractivity contribution in [3.8, 4) is 5.75 Å². The second-order valence-electron chi connectivity index (χ2n) is 5.95. The van der Waals surface area contributed by atoms with Crippen LogP contribution in [0.2, 0.25) is 5.02 Å². The van der Waals surface area contributed by atoms with Crippen LogP contribution >= 0.6 is 11.6 Å². The molecule has 1 aliphatic rings. The highest BCUT2D eigenvalue weighted by Gasteiger charge is 2.36. The van der Waals surface area contributed by atoms with Gasteiger partial charge in [-0.1, -0.05) is 17.7 Å². The normalized spacial score (nSPS) is 23.2. The number of carbonyl (C=O) groups excluding carboxylic acids is 1. The Kier molecular flexibility index (Phi) is 5.37. The summed E-state index contributed by atoms with van der Waals surface area (Å²) in [6, 6.07) is 8.90. The van der Waals surface area contributed by atoms with Gasteiger partial charge < -0.3 is 15.2 Å². The number of amides is 1. The minimum absolute atomic E-state index is 0.0178. The predicted octanol–water partition coefficient (Wildman–Crippen LogP) is 1.87. The van der Waals surface area contributed by atoms with E-state index in [1.54, 1.807) is 35.3 Å². The smallest absolute Gasteiger partial charge is 0.241 e. The van der Waals surface area contributed by atoms with Crippen LogP contribution in [-0.4, -0.2) is 39.5 Å². The number of hydrogen-bond acceptors (Lipinski definition) is 4. The van der Waals surface area contributed by atoms with Gasteiger partial charge in [0.1, 0.15) is 18.4 Å². The molecular formula is C17H20ClN3O3. The van der Waals surface area contributed by atoms with Crippen molar-refractivity contribution in [3.63, 3.8) is 0 Å². The molecule has 3 rings (SSSR count). The first-order valence-corrected chi connectivity index (χ1v) is 8.34. The number of ether oxygens (including phenoxy) is 1. The third-order valence-electron chi connectivity index (χ3n) is 4.20. The fraction of sp³-hybridized carbons (Fsp3) is 0.412. The Bertz CT molecular complexity index is 677. The molecular weight excluding hydrogens is 330 g/mol. The molecule has 1 fully saturated rings. The monoisotopic (exact) mass is 349 g/mol. The van der Waals surface area contributed by atoms with Crippen molar-refractivity contribution >= 4 is 17.5 Å². The van der Waals surface area contributed by atoms with Gasteiger partial charge in [-0.2, -0.15) is 5.10 Å². The average molecular weight is 350 g/mol. The van der Waals surface area contributed by atoms with E-state index in [2.05, 4.69) is 10.4 Å². The number of rotatable bonds is 6. The number of carbonyl (C=O) groups is 1. The predicted molar refractivity (Wildman–Crippen MR) is 89.8 cm³/mol. The molecule has 1 saturated carbocycles. The molecule has 2 N–H and O–H groups in total. The van der Waals surface area contributed by atoms with E-state index in [-0.39, 0.29) is 24.5 Å². The second-order valence-corrected chi connectivity index (χ2v) is 6.39. The number of aliphatic hydroxyl groups is 1. The summed E-state index contributed by atoms with van der Waals surface area (Å²) in [7, 11) is 0. The van der Waals surface area contributed by atoms with Crippen molar-refractivity contribution in [2.24, 2.45) is 5.92 Å². The Morgan fingerprint density at radius 2 is 2.29 bits per heavy atom. The topological polar surface area (TPSA) is 76.4 Å². The van der Waals surface area contributed by atoms with Crippen LogP contribution in [0.3, 0.4) is 0 Å². The van der Waals surface area contributed by atoms with Gasteiger partial charge in [0.15, 0.2) is 0 Å². The van der Waals surface area contributed by atoms with Crippen LogP contribution in [0.1, 0.15) is 12.8 Å². The van der Waals surface area contributed by atoms with E-state index in [1.807, 2.05) is 12.1 Å². The lowest BCUT2D eigenvalue weighted by molar-refractivity contribution is -0.122. The Morgan fingerprint density at radius 1 is 1.42 bits per heavy atom. The number of benzene rings is 1. The van der Waals surface area contributed by atoms with Crippen molar-refractivity contribution in [1.29, 1.82) is 0 Å². The number of aromatic nitrogens is 2. The van der Waals surface area contributed by atoms with Gasteiger partial charge in [-0.05, 0) is 37.1 Å². The van der Waals surface area contributed by atoms with E-state index >= 15 is 0 Å². The van der Waals surface area contributed by atoms with E-state index in [1.165, 1.54) is 0 Å². The van der Waals surface area contributed by atoms with Crippen molar-refractivity contribution in [1.82, 2.24) is 15.1 Å². The third kappa shape index (κ3) is 4.27. The first kappa shape index (κ1) is 16.8. The molecule has 7 heteroatoms. The molecule has 1 aromatic carbocycles. The number of hydrogen-bond donors (Lipinski definition) is 2. The lowest BCUT2D eigenvalue weighted by atomic mass is 10.1. The van der Waals surface area contributed by atoms with Gasteiger partial charge >= 0.3 is 0 Å². The van der Waals surface area contributed by atoms with Gasteiger partial charge in [-0.25, -0.2) is 0 Å². The van der Waals surface area contributed by atoms with Crippen LogP contribution in [0.5, 0.6) is 5.75 Å². The summed E-state index contributed by atoms with van der Waals surface area (Å²) in [4.78, 5) is 11.9. The average Bonchev–Trinajstić information content (AvgIpc) is 3.17. The first-order chi connectivity index (χ1) is 11.6. The van der Waals surface area contributed by atoms with E-state index in [0.717, 1.165) is 12.8 Å². The molecule has 1 aromatic heterocycles. The molecule has 0 unspecified atom stereocenters. The Morgan fingerprint density at radius 3 is 3.04 bits per heavy atom. The summed E-state index contributed by atoms with van der Waals surface area (Å²) in [6.07, 6.45) is 4.01. The molecule has 1 aliphatic carbocycles. The van der Waals surface area contributed by atoms with E-state index in [0.29, 0.717) is 17.3 Å². The fourth-order valence-corrected chi connectivity index (χ4v) is 3.11. The van der Waals surface area contributed by atoms with Crippen molar-refractivity contribution in [2.45, 2.75) is 31.6 Å². The quantitative estimate of drug-likeness (QED) is 0.834. The summed E-state index contributed by atoms with van der Waals surface area (Å²) in [5.74, 6) is 0.510. The van der Waals surface area contributed by atoms with Crippen molar-refractivity contribution in [2.75, 3.05) is 6.54 Å². The van der Waals surface area contributed by atoms with Gasteiger partial charge in [-0.3, -0.25) is 9.48 Å². The maximum absolute atomic E-state index is 11.9. The molecule has 0 saturated heterocycles. The molecule has 2 aromatic rings. The third-order valence-corrected chi connectivity index (χ3v) is 4.43. The molecule has 1 heterocycles. The lowest BCUT2D eigenvalue weighted by Gasteiger charge is -2.21. The zero-order valence-corrected chi connectivity index (χ0v) is 13.9. The summed E-state index contributed by atoms with van der Waals surface area (Å²) < 4.78 is 7.39. The number of halogens is 1. The molecule has 0 aliphatic heterocycles. The summed E-state index contributed by atoms with van der Waals surface area (Å²) in [6.45, 7) is 0.606. The lowest BCUT2D eigenvalue weighted by Crippen LogP contribution is -2.38. The molecule has 1 amide bonds.